The van der Waals surface area contributed by atoms with Crippen molar-refractivity contribution in [3.63, 3.8) is 0 Å². The molecule has 13 heteroatoms. The molecule has 0 amide bonds. The van der Waals surface area contributed by atoms with E-state index in [1.807, 2.05) is 45.2 Å². The van der Waals surface area contributed by atoms with Crippen LogP contribution >= 0.6 is 45.2 Å². The Morgan fingerprint density at radius 1 is 0.971 bits per heavy atom. The molecular weight excluding hydrogens is 700 g/mol. The van der Waals surface area contributed by atoms with E-state index in [2.05, 4.69) is 14.5 Å². The number of hydrogen-bond acceptors (Lipinski definition) is 8. The first-order chi connectivity index (χ1) is 16.1. The summed E-state index contributed by atoms with van der Waals surface area (Å²) in [5.74, 6) is -0.583. The first kappa shape index (κ1) is 27.2. The summed E-state index contributed by atoms with van der Waals surface area (Å²) in [4.78, 5) is 10.0. The van der Waals surface area contributed by atoms with Crippen LogP contribution in [0, 0.1) is 18.8 Å². The summed E-state index contributed by atoms with van der Waals surface area (Å²) in [6.07, 6.45) is 1.12. The van der Waals surface area contributed by atoms with Gasteiger partial charge in [0.05, 0.1) is 24.3 Å². The van der Waals surface area contributed by atoms with E-state index in [1.54, 1.807) is 24.3 Å². The van der Waals surface area contributed by atoms with Crippen LogP contribution in [0.15, 0.2) is 46.7 Å². The zero-order chi connectivity index (χ0) is 24.9. The topological polar surface area (TPSA) is 107 Å². The molecule has 34 heavy (non-hydrogen) atoms. The third-order valence-corrected chi connectivity index (χ3v) is 6.96. The van der Waals surface area contributed by atoms with Crippen molar-refractivity contribution >= 4 is 66.7 Å². The van der Waals surface area contributed by atoms with Crippen molar-refractivity contribution in [1.82, 2.24) is 0 Å². The number of rotatable bonds is 6. The highest BCUT2D eigenvalue weighted by Gasteiger charge is 2.24. The van der Waals surface area contributed by atoms with Crippen molar-refractivity contribution in [1.29, 1.82) is 0 Å². The highest BCUT2D eigenvalue weighted by molar-refractivity contribution is 14.1. The summed E-state index contributed by atoms with van der Waals surface area (Å²) in [5.41, 5.74) is 2.60. The monoisotopic (exact) mass is 720 g/mol. The van der Waals surface area contributed by atoms with Crippen LogP contribution < -0.4 is 0 Å². The standard InChI is InChI=1S/C11H11FINO4S.C10H9FINO2/c1-19(15,16)17-6-8-5-11(14-18-8)7-2-3-10(13)9(12)4-7;11-8-3-6(1-2-9(8)12)10-4-7(5-14)15-13-10/h2-4,8H,5-6H2,1H3;1-3,7,14H,4-5H2. The van der Waals surface area contributed by atoms with E-state index in [1.165, 1.54) is 12.1 Å². The van der Waals surface area contributed by atoms with Crippen LogP contribution in [-0.2, 0) is 24.0 Å². The Balaban J connectivity index is 0.000000196. The van der Waals surface area contributed by atoms with E-state index in [9.17, 15) is 17.2 Å². The zero-order valence-electron chi connectivity index (χ0n) is 17.8. The number of benzene rings is 2. The smallest absolute Gasteiger partial charge is 0.264 e. The number of nitrogens with zero attached hydrogens (tertiary/aromatic N) is 2. The predicted molar refractivity (Wildman–Crippen MR) is 138 cm³/mol. The van der Waals surface area contributed by atoms with E-state index >= 15 is 0 Å². The van der Waals surface area contributed by atoms with Gasteiger partial charge >= 0.3 is 0 Å². The number of hydrogen-bond donors (Lipinski definition) is 1. The SMILES string of the molecule is CS(=O)(=O)OCC1CC(c2ccc(I)c(F)c2)=NO1.OCC1CC(c2ccc(I)c(F)c2)=NO1. The molecule has 2 aromatic carbocycles. The molecule has 4 rings (SSSR count). The van der Waals surface area contributed by atoms with Crippen LogP contribution in [0.1, 0.15) is 24.0 Å². The first-order valence-corrected chi connectivity index (χ1v) is 13.8. The summed E-state index contributed by atoms with van der Waals surface area (Å²) >= 11 is 3.83. The largest absolute Gasteiger partial charge is 0.392 e. The van der Waals surface area contributed by atoms with Crippen LogP contribution in [0.3, 0.4) is 0 Å². The van der Waals surface area contributed by atoms with E-state index in [-0.39, 0.29) is 31.0 Å². The predicted octanol–water partition coefficient (Wildman–Crippen LogP) is 3.82. The molecular formula is C21H20F2I2N2O6S. The molecule has 184 valence electrons. The van der Waals surface area contributed by atoms with E-state index < -0.39 is 16.2 Å². The molecule has 1 N–H and O–H groups in total. The summed E-state index contributed by atoms with van der Waals surface area (Å²) in [6, 6.07) is 9.70. The minimum absolute atomic E-state index is 0.0696. The number of halogens is 4. The van der Waals surface area contributed by atoms with E-state index in [4.69, 9.17) is 14.8 Å². The lowest BCUT2D eigenvalue weighted by molar-refractivity contribution is 0.0390. The second-order valence-electron chi connectivity index (χ2n) is 7.37. The van der Waals surface area contributed by atoms with Gasteiger partial charge < -0.3 is 14.8 Å². The average Bonchev–Trinajstić information content (AvgIpc) is 3.46. The van der Waals surface area contributed by atoms with Gasteiger partial charge in [-0.05, 0) is 69.4 Å². The Morgan fingerprint density at radius 2 is 1.44 bits per heavy atom. The normalized spacial score (nSPS) is 19.5. The maximum Gasteiger partial charge on any atom is 0.264 e. The number of oxime groups is 2. The van der Waals surface area contributed by atoms with Gasteiger partial charge in [0.2, 0.25) is 0 Å². The van der Waals surface area contributed by atoms with Crippen molar-refractivity contribution in [2.45, 2.75) is 25.0 Å². The van der Waals surface area contributed by atoms with Crippen molar-refractivity contribution < 1.29 is 36.2 Å². The zero-order valence-corrected chi connectivity index (χ0v) is 22.9. The molecule has 0 radical (unpaired) electrons. The molecule has 0 aliphatic carbocycles. The molecule has 0 saturated heterocycles. The van der Waals surface area contributed by atoms with Crippen LogP contribution in [0.25, 0.3) is 0 Å². The van der Waals surface area contributed by atoms with E-state index in [0.717, 1.165) is 6.26 Å². The van der Waals surface area contributed by atoms with Crippen molar-refractivity contribution in [3.8, 4) is 0 Å². The third-order valence-electron chi connectivity index (χ3n) is 4.64. The summed E-state index contributed by atoms with van der Waals surface area (Å²) in [5, 5.41) is 16.5. The van der Waals surface area contributed by atoms with Gasteiger partial charge in [-0.3, -0.25) is 4.18 Å². The fraction of sp³-hybridized carbons (Fsp3) is 0.333. The lowest BCUT2D eigenvalue weighted by atomic mass is 10.1. The van der Waals surface area contributed by atoms with Gasteiger partial charge in [-0.2, -0.15) is 8.42 Å². The molecule has 0 bridgehead atoms. The molecule has 2 atom stereocenters. The lowest BCUT2D eigenvalue weighted by Crippen LogP contribution is -2.18. The molecule has 0 spiro atoms. The van der Waals surface area contributed by atoms with Gasteiger partial charge in [-0.1, -0.05) is 22.4 Å². The van der Waals surface area contributed by atoms with Crippen LogP contribution in [0.5, 0.6) is 0 Å². The summed E-state index contributed by atoms with van der Waals surface area (Å²) in [6.45, 7) is -0.168. The second kappa shape index (κ2) is 12.0. The third kappa shape index (κ3) is 7.79. The summed E-state index contributed by atoms with van der Waals surface area (Å²) < 4.78 is 54.1. The Labute approximate surface area is 222 Å². The Morgan fingerprint density at radius 3 is 1.85 bits per heavy atom. The molecule has 2 unspecified atom stereocenters. The van der Waals surface area contributed by atoms with Crippen LogP contribution in [-0.4, -0.2) is 56.6 Å². The maximum atomic E-state index is 13.4. The number of aliphatic hydroxyl groups excluding tert-OH is 1. The first-order valence-electron chi connectivity index (χ1n) is 9.87. The summed E-state index contributed by atoms with van der Waals surface area (Å²) in [7, 11) is -3.50. The fourth-order valence-corrected chi connectivity index (χ4v) is 4.01. The Kier molecular flexibility index (Phi) is 9.59. The van der Waals surface area contributed by atoms with Gasteiger partial charge in [0.25, 0.3) is 10.1 Å². The molecule has 0 fully saturated rings. The Bertz CT molecular complexity index is 1210. The van der Waals surface area contributed by atoms with Gasteiger partial charge in [-0.15, -0.1) is 0 Å². The molecule has 2 aromatic rings. The van der Waals surface area contributed by atoms with Crippen molar-refractivity contribution in [2.24, 2.45) is 10.3 Å². The molecule has 8 nitrogen and oxygen atoms in total. The Hall–Kier alpha value is -1.43. The van der Waals surface area contributed by atoms with Gasteiger partial charge in [0.1, 0.15) is 18.2 Å². The highest BCUT2D eigenvalue weighted by atomic mass is 127. The molecule has 2 aliphatic rings. The fourth-order valence-electron chi connectivity index (χ4n) is 2.94. The van der Waals surface area contributed by atoms with Crippen LogP contribution in [0.4, 0.5) is 8.78 Å². The quantitative estimate of drug-likeness (QED) is 0.360. The molecule has 0 aromatic heterocycles. The van der Waals surface area contributed by atoms with Crippen molar-refractivity contribution in [3.05, 3.63) is 66.3 Å². The highest BCUT2D eigenvalue weighted by Crippen LogP contribution is 2.21. The average molecular weight is 720 g/mol. The van der Waals surface area contributed by atoms with Crippen molar-refractivity contribution in [2.75, 3.05) is 19.5 Å². The van der Waals surface area contributed by atoms with Gasteiger partial charge in [0.15, 0.2) is 12.2 Å². The molecule has 2 aliphatic heterocycles. The van der Waals surface area contributed by atoms with Gasteiger partial charge in [-0.25, -0.2) is 8.78 Å². The molecule has 0 saturated carbocycles. The van der Waals surface area contributed by atoms with Crippen LogP contribution in [0.2, 0.25) is 0 Å². The number of aliphatic hydroxyl groups is 1. The molecule has 2 heterocycles. The second-order valence-corrected chi connectivity index (χ2v) is 11.3. The lowest BCUT2D eigenvalue weighted by Gasteiger charge is -2.07. The minimum Gasteiger partial charge on any atom is -0.392 e. The van der Waals surface area contributed by atoms with Gasteiger partial charge in [0, 0.05) is 31.1 Å². The minimum atomic E-state index is -3.50. The van der Waals surface area contributed by atoms with E-state index in [0.29, 0.717) is 42.5 Å². The maximum absolute atomic E-state index is 13.4.